The van der Waals surface area contributed by atoms with Crippen LogP contribution in [-0.4, -0.2) is 16.2 Å². The van der Waals surface area contributed by atoms with Gasteiger partial charge in [0.15, 0.2) is 0 Å². The summed E-state index contributed by atoms with van der Waals surface area (Å²) < 4.78 is 10.6. The van der Waals surface area contributed by atoms with Gasteiger partial charge in [0, 0.05) is 24.0 Å². The minimum atomic E-state index is -0.354. The second-order valence-electron chi connectivity index (χ2n) is 5.03. The summed E-state index contributed by atoms with van der Waals surface area (Å²) in [5.41, 5.74) is 1.23. The monoisotopic (exact) mass is 324 g/mol. The highest BCUT2D eigenvalue weighted by Gasteiger charge is 2.06. The maximum absolute atomic E-state index is 11.9. The third-order valence-electron chi connectivity index (χ3n) is 3.07. The third kappa shape index (κ3) is 4.33. The number of nitrogens with one attached hydrogen (secondary N) is 2. The minimum Gasteiger partial charge on any atom is -0.439 e. The van der Waals surface area contributed by atoms with E-state index in [-0.39, 0.29) is 12.6 Å². The number of carbonyl (C=O) groups excluding carboxylic acids is 1. The van der Waals surface area contributed by atoms with Crippen LogP contribution in [0.5, 0.6) is 11.6 Å². The Morgan fingerprint density at radius 2 is 2.04 bits per heavy atom. The standard InChI is InChI=1S/C17H16N4O3/c1-12-9-14(21-24-12)11-19-17(22)20-13-7-8-18-16(10-13)23-15-5-3-2-4-6-15/h2-10H,11H2,1H3,(H2,18,19,20,22). The van der Waals surface area contributed by atoms with Gasteiger partial charge in [0.1, 0.15) is 17.2 Å². The van der Waals surface area contributed by atoms with E-state index in [0.29, 0.717) is 28.8 Å². The quantitative estimate of drug-likeness (QED) is 0.750. The van der Waals surface area contributed by atoms with E-state index in [4.69, 9.17) is 9.26 Å². The number of urea groups is 1. The van der Waals surface area contributed by atoms with Crippen molar-refractivity contribution >= 4 is 11.7 Å². The van der Waals surface area contributed by atoms with Gasteiger partial charge < -0.3 is 19.9 Å². The number of hydrogen-bond donors (Lipinski definition) is 2. The molecule has 0 aliphatic heterocycles. The van der Waals surface area contributed by atoms with Crippen LogP contribution >= 0.6 is 0 Å². The highest BCUT2D eigenvalue weighted by atomic mass is 16.5. The van der Waals surface area contributed by atoms with Crippen LogP contribution in [0.2, 0.25) is 0 Å². The van der Waals surface area contributed by atoms with Gasteiger partial charge >= 0.3 is 6.03 Å². The average Bonchev–Trinajstić information content (AvgIpc) is 3.00. The number of pyridine rings is 1. The molecule has 24 heavy (non-hydrogen) atoms. The molecular weight excluding hydrogens is 308 g/mol. The topological polar surface area (TPSA) is 89.3 Å². The van der Waals surface area contributed by atoms with E-state index in [0.717, 1.165) is 0 Å². The Morgan fingerprint density at radius 1 is 1.21 bits per heavy atom. The number of nitrogens with zero attached hydrogens (tertiary/aromatic N) is 2. The Bertz CT molecular complexity index is 817. The van der Waals surface area contributed by atoms with Crippen LogP contribution in [0.4, 0.5) is 10.5 Å². The summed E-state index contributed by atoms with van der Waals surface area (Å²) >= 11 is 0. The summed E-state index contributed by atoms with van der Waals surface area (Å²) in [6.45, 7) is 2.07. The lowest BCUT2D eigenvalue weighted by Gasteiger charge is -2.08. The number of aryl methyl sites for hydroxylation is 1. The van der Waals surface area contributed by atoms with Crippen molar-refractivity contribution in [1.82, 2.24) is 15.5 Å². The van der Waals surface area contributed by atoms with E-state index >= 15 is 0 Å². The van der Waals surface area contributed by atoms with Crippen molar-refractivity contribution in [3.8, 4) is 11.6 Å². The fourth-order valence-electron chi connectivity index (χ4n) is 2.00. The number of hydrogen-bond acceptors (Lipinski definition) is 5. The summed E-state index contributed by atoms with van der Waals surface area (Å²) in [6.07, 6.45) is 1.56. The molecule has 2 aromatic heterocycles. The maximum atomic E-state index is 11.9. The molecule has 0 unspecified atom stereocenters. The van der Waals surface area contributed by atoms with E-state index in [2.05, 4.69) is 20.8 Å². The number of carbonyl (C=O) groups is 1. The van der Waals surface area contributed by atoms with Gasteiger partial charge in [-0.3, -0.25) is 0 Å². The van der Waals surface area contributed by atoms with Crippen LogP contribution in [0.15, 0.2) is 59.3 Å². The first kappa shape index (κ1) is 15.5. The van der Waals surface area contributed by atoms with Gasteiger partial charge in [0.25, 0.3) is 0 Å². The second kappa shape index (κ2) is 7.28. The molecule has 2 heterocycles. The lowest BCUT2D eigenvalue weighted by atomic mass is 10.3. The predicted octanol–water partition coefficient (Wildman–Crippen LogP) is 3.49. The number of ether oxygens (including phenoxy) is 1. The zero-order valence-corrected chi connectivity index (χ0v) is 13.0. The molecule has 0 saturated heterocycles. The van der Waals surface area contributed by atoms with Gasteiger partial charge in [-0.1, -0.05) is 23.4 Å². The molecule has 3 aromatic rings. The Morgan fingerprint density at radius 3 is 2.79 bits per heavy atom. The molecule has 0 radical (unpaired) electrons. The third-order valence-corrected chi connectivity index (χ3v) is 3.07. The van der Waals surface area contributed by atoms with E-state index in [1.54, 1.807) is 31.3 Å². The number of aromatic nitrogens is 2. The Balaban J connectivity index is 1.56. The van der Waals surface area contributed by atoms with E-state index < -0.39 is 0 Å². The average molecular weight is 324 g/mol. The summed E-state index contributed by atoms with van der Waals surface area (Å²) in [4.78, 5) is 16.0. The number of rotatable bonds is 5. The fourth-order valence-corrected chi connectivity index (χ4v) is 2.00. The summed E-state index contributed by atoms with van der Waals surface area (Å²) in [5, 5.41) is 9.22. The molecule has 0 saturated carbocycles. The lowest BCUT2D eigenvalue weighted by Crippen LogP contribution is -2.28. The lowest BCUT2D eigenvalue weighted by molar-refractivity contribution is 0.251. The first-order chi connectivity index (χ1) is 11.7. The van der Waals surface area contributed by atoms with Gasteiger partial charge in [0.05, 0.1) is 6.54 Å². The van der Waals surface area contributed by atoms with Crippen LogP contribution in [0.25, 0.3) is 0 Å². The van der Waals surface area contributed by atoms with Crippen LogP contribution in [0.1, 0.15) is 11.5 Å². The highest BCUT2D eigenvalue weighted by molar-refractivity contribution is 5.89. The summed E-state index contributed by atoms with van der Waals surface area (Å²) in [6, 6.07) is 14.0. The number of para-hydroxylation sites is 1. The molecule has 0 atom stereocenters. The summed E-state index contributed by atoms with van der Waals surface area (Å²) in [7, 11) is 0. The number of benzene rings is 1. The van der Waals surface area contributed by atoms with Crippen molar-refractivity contribution in [2.45, 2.75) is 13.5 Å². The van der Waals surface area contributed by atoms with Crippen LogP contribution < -0.4 is 15.4 Å². The fraction of sp³-hybridized carbons (Fsp3) is 0.118. The second-order valence-corrected chi connectivity index (χ2v) is 5.03. The Kier molecular flexibility index (Phi) is 4.71. The SMILES string of the molecule is Cc1cc(CNC(=O)Nc2ccnc(Oc3ccccc3)c2)no1. The molecule has 2 amide bonds. The van der Waals surface area contributed by atoms with Crippen LogP contribution in [0, 0.1) is 6.92 Å². The molecule has 7 nitrogen and oxygen atoms in total. The van der Waals surface area contributed by atoms with Crippen molar-refractivity contribution in [3.05, 3.63) is 66.2 Å². The van der Waals surface area contributed by atoms with E-state index in [9.17, 15) is 4.79 Å². The molecule has 122 valence electrons. The van der Waals surface area contributed by atoms with Crippen molar-refractivity contribution in [2.24, 2.45) is 0 Å². The normalized spacial score (nSPS) is 10.2. The predicted molar refractivity (Wildman–Crippen MR) is 87.9 cm³/mol. The number of anilines is 1. The first-order valence-corrected chi connectivity index (χ1v) is 7.35. The van der Waals surface area contributed by atoms with Gasteiger partial charge in [-0.15, -0.1) is 0 Å². The molecular formula is C17H16N4O3. The Hall–Kier alpha value is -3.35. The molecule has 0 aliphatic rings. The van der Waals surface area contributed by atoms with E-state index in [1.807, 2.05) is 30.3 Å². The summed E-state index contributed by atoms with van der Waals surface area (Å²) in [5.74, 6) is 1.77. The minimum absolute atomic E-state index is 0.279. The maximum Gasteiger partial charge on any atom is 0.319 e. The molecule has 0 spiro atoms. The number of amides is 2. The van der Waals surface area contributed by atoms with Crippen molar-refractivity contribution < 1.29 is 14.1 Å². The molecule has 7 heteroatoms. The van der Waals surface area contributed by atoms with Gasteiger partial charge in [0.2, 0.25) is 5.88 Å². The van der Waals surface area contributed by atoms with E-state index in [1.165, 1.54) is 0 Å². The molecule has 0 aliphatic carbocycles. The first-order valence-electron chi connectivity index (χ1n) is 7.35. The van der Waals surface area contributed by atoms with Crippen molar-refractivity contribution in [3.63, 3.8) is 0 Å². The van der Waals surface area contributed by atoms with Crippen molar-refractivity contribution in [1.29, 1.82) is 0 Å². The zero-order chi connectivity index (χ0) is 16.8. The van der Waals surface area contributed by atoms with Crippen LogP contribution in [0.3, 0.4) is 0 Å². The van der Waals surface area contributed by atoms with Crippen LogP contribution in [-0.2, 0) is 6.54 Å². The molecule has 1 aromatic carbocycles. The molecule has 2 N–H and O–H groups in total. The van der Waals surface area contributed by atoms with Gasteiger partial charge in [-0.05, 0) is 25.1 Å². The highest BCUT2D eigenvalue weighted by Crippen LogP contribution is 2.21. The molecule has 0 fully saturated rings. The van der Waals surface area contributed by atoms with Gasteiger partial charge in [-0.2, -0.15) is 0 Å². The molecule has 0 bridgehead atoms. The zero-order valence-electron chi connectivity index (χ0n) is 13.0. The van der Waals surface area contributed by atoms with Gasteiger partial charge in [-0.25, -0.2) is 9.78 Å². The molecule has 3 rings (SSSR count). The largest absolute Gasteiger partial charge is 0.439 e. The smallest absolute Gasteiger partial charge is 0.319 e. The van der Waals surface area contributed by atoms with Crippen molar-refractivity contribution in [2.75, 3.05) is 5.32 Å². The Labute approximate surface area is 138 Å².